The topological polar surface area (TPSA) is 54.9 Å². The number of aromatic nitrogens is 2. The van der Waals surface area contributed by atoms with Crippen molar-refractivity contribution in [3.8, 4) is 0 Å². The van der Waals surface area contributed by atoms with E-state index in [0.29, 0.717) is 9.92 Å². The zero-order valence-electron chi connectivity index (χ0n) is 13.8. The van der Waals surface area contributed by atoms with Gasteiger partial charge < -0.3 is 5.32 Å². The number of fused-ring (bicyclic) bond motifs is 1. The van der Waals surface area contributed by atoms with Gasteiger partial charge in [0.15, 0.2) is 0 Å². The highest BCUT2D eigenvalue weighted by Crippen LogP contribution is 2.38. The second kappa shape index (κ2) is 7.24. The monoisotopic (exact) mass is 397 g/mol. The zero-order valence-corrected chi connectivity index (χ0v) is 15.5. The van der Waals surface area contributed by atoms with Crippen molar-refractivity contribution in [1.29, 1.82) is 0 Å². The first kappa shape index (κ1) is 18.7. The third-order valence-electron chi connectivity index (χ3n) is 3.72. The Morgan fingerprint density at radius 3 is 2.69 bits per heavy atom. The molecule has 136 valence electrons. The van der Waals surface area contributed by atoms with E-state index in [1.807, 2.05) is 19.2 Å². The molecule has 0 fully saturated rings. The van der Waals surface area contributed by atoms with E-state index in [1.165, 1.54) is 24.2 Å². The molecule has 9 heteroatoms. The minimum atomic E-state index is -4.46. The number of carbonyl (C=O) groups is 1. The van der Waals surface area contributed by atoms with Gasteiger partial charge >= 0.3 is 6.18 Å². The summed E-state index contributed by atoms with van der Waals surface area (Å²) >= 11 is 2.80. The lowest BCUT2D eigenvalue weighted by Gasteiger charge is -2.11. The van der Waals surface area contributed by atoms with Gasteiger partial charge in [0.25, 0.3) is 5.91 Å². The van der Waals surface area contributed by atoms with Crippen LogP contribution in [0.1, 0.15) is 20.8 Å². The Hall–Kier alpha value is -2.13. The molecule has 2 heterocycles. The van der Waals surface area contributed by atoms with Crippen molar-refractivity contribution >= 4 is 39.2 Å². The number of benzene rings is 1. The van der Waals surface area contributed by atoms with Gasteiger partial charge in [-0.2, -0.15) is 13.2 Å². The van der Waals surface area contributed by atoms with Crippen molar-refractivity contribution in [1.82, 2.24) is 15.3 Å². The molecule has 0 unspecified atom stereocenters. The summed E-state index contributed by atoms with van der Waals surface area (Å²) in [6.07, 6.45) is -3.01. The molecule has 2 aromatic heterocycles. The molecule has 0 aliphatic heterocycles. The van der Waals surface area contributed by atoms with Gasteiger partial charge in [-0.25, -0.2) is 9.97 Å². The van der Waals surface area contributed by atoms with Crippen LogP contribution in [-0.2, 0) is 0 Å². The van der Waals surface area contributed by atoms with Crippen molar-refractivity contribution < 1.29 is 18.0 Å². The van der Waals surface area contributed by atoms with Gasteiger partial charge in [-0.15, -0.1) is 11.3 Å². The molecular weight excluding hydrogens is 383 g/mol. The number of hydrogen-bond donors (Lipinski definition) is 1. The van der Waals surface area contributed by atoms with Gasteiger partial charge in [0.1, 0.15) is 22.7 Å². The summed E-state index contributed by atoms with van der Waals surface area (Å²) in [5.74, 6) is -0.769. The molecular formula is C17H14F3N3OS2. The highest BCUT2D eigenvalue weighted by atomic mass is 32.2. The molecule has 3 rings (SSSR count). The predicted molar refractivity (Wildman–Crippen MR) is 95.8 cm³/mol. The van der Waals surface area contributed by atoms with E-state index in [1.54, 1.807) is 29.5 Å². The van der Waals surface area contributed by atoms with E-state index < -0.39 is 18.6 Å². The normalized spacial score (nSPS) is 11.7. The largest absolute Gasteiger partial charge is 0.405 e. The number of rotatable bonds is 4. The molecule has 1 N–H and O–H groups in total. The predicted octanol–water partition coefficient (Wildman–Crippen LogP) is 4.75. The number of nitrogens with one attached hydrogen (secondary N) is 1. The maximum atomic E-state index is 12.4. The van der Waals surface area contributed by atoms with Crippen LogP contribution in [0.15, 0.2) is 40.5 Å². The Morgan fingerprint density at radius 1 is 1.23 bits per heavy atom. The zero-order chi connectivity index (χ0) is 18.9. The summed E-state index contributed by atoms with van der Waals surface area (Å²) in [5.41, 5.74) is 1.24. The Morgan fingerprint density at radius 2 is 1.96 bits per heavy atom. The van der Waals surface area contributed by atoms with Crippen molar-refractivity contribution in [3.63, 3.8) is 0 Å². The van der Waals surface area contributed by atoms with E-state index in [4.69, 9.17) is 0 Å². The number of hydrogen-bond acceptors (Lipinski definition) is 5. The third kappa shape index (κ3) is 3.99. The van der Waals surface area contributed by atoms with E-state index >= 15 is 0 Å². The van der Waals surface area contributed by atoms with Crippen molar-refractivity contribution in [2.45, 2.75) is 29.9 Å². The number of carbonyl (C=O) groups excluding carboxylic acids is 1. The number of nitrogens with zero attached hydrogens (tertiary/aromatic N) is 2. The van der Waals surface area contributed by atoms with Crippen LogP contribution in [0.4, 0.5) is 13.2 Å². The third-order valence-corrected chi connectivity index (χ3v) is 5.91. The highest BCUT2D eigenvalue weighted by Gasteiger charge is 2.28. The first-order valence-electron chi connectivity index (χ1n) is 7.59. The van der Waals surface area contributed by atoms with E-state index in [0.717, 1.165) is 20.7 Å². The standard InChI is InChI=1S/C17H14F3N3OS2/c1-9-10(2)25-15-13(9)16(23-8-22-15)26-12-6-4-3-5-11(12)14(24)21-7-17(18,19)20/h3-6,8H,7H2,1-2H3,(H,21,24). The quantitative estimate of drug-likeness (QED) is 0.646. The molecule has 0 radical (unpaired) electrons. The summed E-state index contributed by atoms with van der Waals surface area (Å²) in [6, 6.07) is 6.53. The van der Waals surface area contributed by atoms with Crippen LogP contribution in [0.3, 0.4) is 0 Å². The number of amides is 1. The van der Waals surface area contributed by atoms with Crippen molar-refractivity contribution in [3.05, 3.63) is 46.6 Å². The lowest BCUT2D eigenvalue weighted by atomic mass is 10.2. The molecule has 0 saturated carbocycles. The summed E-state index contributed by atoms with van der Waals surface area (Å²) in [5, 5.41) is 3.49. The van der Waals surface area contributed by atoms with Crippen LogP contribution in [-0.4, -0.2) is 28.6 Å². The number of alkyl halides is 3. The smallest absolute Gasteiger partial charge is 0.343 e. The summed E-state index contributed by atoms with van der Waals surface area (Å²) in [4.78, 5) is 23.3. The second-order valence-electron chi connectivity index (χ2n) is 5.54. The Balaban J connectivity index is 1.93. The van der Waals surface area contributed by atoms with Crippen LogP contribution < -0.4 is 5.32 Å². The second-order valence-corrected chi connectivity index (χ2v) is 7.77. The van der Waals surface area contributed by atoms with Crippen LogP contribution in [0.5, 0.6) is 0 Å². The SMILES string of the molecule is Cc1sc2ncnc(Sc3ccccc3C(=O)NCC(F)(F)F)c2c1C. The molecule has 0 bridgehead atoms. The van der Waals surface area contributed by atoms with Gasteiger partial charge in [-0.05, 0) is 31.5 Å². The number of halogens is 3. The van der Waals surface area contributed by atoms with Gasteiger partial charge in [0, 0.05) is 15.2 Å². The Bertz CT molecular complexity index is 970. The lowest BCUT2D eigenvalue weighted by molar-refractivity contribution is -0.123. The fourth-order valence-electron chi connectivity index (χ4n) is 2.35. The van der Waals surface area contributed by atoms with E-state index in [2.05, 4.69) is 9.97 Å². The summed E-state index contributed by atoms with van der Waals surface area (Å²) in [6.45, 7) is 2.60. The van der Waals surface area contributed by atoms with Gasteiger partial charge in [0.2, 0.25) is 0 Å². The Kier molecular flexibility index (Phi) is 5.19. The van der Waals surface area contributed by atoms with E-state index in [-0.39, 0.29) is 5.56 Å². The molecule has 4 nitrogen and oxygen atoms in total. The lowest BCUT2D eigenvalue weighted by Crippen LogP contribution is -2.33. The molecule has 0 spiro atoms. The summed E-state index contributed by atoms with van der Waals surface area (Å²) in [7, 11) is 0. The van der Waals surface area contributed by atoms with Crippen LogP contribution >= 0.6 is 23.1 Å². The van der Waals surface area contributed by atoms with Crippen LogP contribution in [0.25, 0.3) is 10.2 Å². The average Bonchev–Trinajstić information content (AvgIpc) is 2.88. The maximum absolute atomic E-state index is 12.4. The highest BCUT2D eigenvalue weighted by molar-refractivity contribution is 7.99. The maximum Gasteiger partial charge on any atom is 0.405 e. The van der Waals surface area contributed by atoms with Gasteiger partial charge in [-0.1, -0.05) is 23.9 Å². The molecule has 26 heavy (non-hydrogen) atoms. The minimum absolute atomic E-state index is 0.179. The molecule has 0 atom stereocenters. The van der Waals surface area contributed by atoms with Crippen molar-refractivity contribution in [2.24, 2.45) is 0 Å². The molecule has 0 aliphatic rings. The molecule has 0 aliphatic carbocycles. The minimum Gasteiger partial charge on any atom is -0.343 e. The van der Waals surface area contributed by atoms with Crippen LogP contribution in [0, 0.1) is 13.8 Å². The number of thiophene rings is 1. The van der Waals surface area contributed by atoms with Crippen molar-refractivity contribution in [2.75, 3.05) is 6.54 Å². The molecule has 3 aromatic rings. The summed E-state index contributed by atoms with van der Waals surface area (Å²) < 4.78 is 37.1. The average molecular weight is 397 g/mol. The van der Waals surface area contributed by atoms with E-state index in [9.17, 15) is 18.0 Å². The van der Waals surface area contributed by atoms with Gasteiger partial charge in [0.05, 0.1) is 5.56 Å². The van der Waals surface area contributed by atoms with Gasteiger partial charge in [-0.3, -0.25) is 4.79 Å². The number of aryl methyl sites for hydroxylation is 2. The first-order valence-corrected chi connectivity index (χ1v) is 9.22. The Labute approximate surface area is 155 Å². The molecule has 1 amide bonds. The molecule has 0 saturated heterocycles. The van der Waals surface area contributed by atoms with Crippen LogP contribution in [0.2, 0.25) is 0 Å². The fraction of sp³-hybridized carbons (Fsp3) is 0.235. The first-order chi connectivity index (χ1) is 12.3. The molecule has 1 aromatic carbocycles. The fourth-order valence-corrected chi connectivity index (χ4v) is 4.49.